The molecular weight excluding hydrogens is 420 g/mol. The van der Waals surface area contributed by atoms with Crippen molar-refractivity contribution in [3.8, 4) is 0 Å². The van der Waals surface area contributed by atoms with Crippen molar-refractivity contribution in [2.45, 2.75) is 43.0 Å². The molecule has 2 saturated heterocycles. The van der Waals surface area contributed by atoms with E-state index in [1.165, 1.54) is 10.7 Å². The normalized spacial score (nSPS) is 24.0. The largest absolute Gasteiger partial charge is 0.378 e. The molecule has 0 saturated carbocycles. The summed E-state index contributed by atoms with van der Waals surface area (Å²) in [4.78, 5) is 11.4. The fourth-order valence-corrected chi connectivity index (χ4v) is 6.01. The van der Waals surface area contributed by atoms with Crippen LogP contribution in [0, 0.1) is 5.92 Å². The number of nitrogens with zero attached hydrogens (tertiary/aromatic N) is 4. The number of piperidine rings is 2. The van der Waals surface area contributed by atoms with Gasteiger partial charge in [0.25, 0.3) is 10.0 Å². The summed E-state index contributed by atoms with van der Waals surface area (Å²) in [6.07, 6.45) is 4.86. The molecule has 0 aliphatic carbocycles. The Morgan fingerprint density at radius 3 is 2.77 bits per heavy atom. The molecule has 1 unspecified atom stereocenters. The van der Waals surface area contributed by atoms with Crippen molar-refractivity contribution in [1.82, 2.24) is 29.7 Å². The van der Waals surface area contributed by atoms with E-state index in [-0.39, 0.29) is 17.2 Å². The van der Waals surface area contributed by atoms with Crippen LogP contribution in [0.15, 0.2) is 40.3 Å². The highest BCUT2D eigenvalue weighted by Gasteiger charge is 2.41. The van der Waals surface area contributed by atoms with E-state index in [9.17, 15) is 8.42 Å². The van der Waals surface area contributed by atoms with Gasteiger partial charge in [0.2, 0.25) is 11.6 Å². The van der Waals surface area contributed by atoms with E-state index in [0.29, 0.717) is 36.4 Å². The predicted octanol–water partition coefficient (Wildman–Crippen LogP) is 1.86. The minimum Gasteiger partial charge on any atom is -0.378 e. The summed E-state index contributed by atoms with van der Waals surface area (Å²) < 4.78 is 39.7. The van der Waals surface area contributed by atoms with Crippen molar-refractivity contribution < 1.29 is 17.7 Å². The highest BCUT2D eigenvalue weighted by Crippen LogP contribution is 2.36. The average Bonchev–Trinajstić information content (AvgIpc) is 3.48. The van der Waals surface area contributed by atoms with Crippen LogP contribution in [0.25, 0.3) is 11.0 Å². The van der Waals surface area contributed by atoms with Crippen molar-refractivity contribution in [3.05, 3.63) is 36.5 Å². The first-order chi connectivity index (χ1) is 15.1. The number of rotatable bonds is 6. The van der Waals surface area contributed by atoms with Gasteiger partial charge >= 0.3 is 0 Å². The fraction of sp³-hybridized carbons (Fsp3) is 0.550. The van der Waals surface area contributed by atoms with Crippen molar-refractivity contribution in [3.63, 3.8) is 0 Å². The molecule has 2 aliphatic rings. The summed E-state index contributed by atoms with van der Waals surface area (Å²) in [5.74, 6) is 0.467. The Bertz CT molecular complexity index is 1080. The number of nitrogens with one attached hydrogen (secondary N) is 2. The zero-order valence-corrected chi connectivity index (χ0v) is 17.9. The predicted molar refractivity (Wildman–Crippen MR) is 112 cm³/mol. The molecule has 2 N–H and O–H groups in total. The lowest BCUT2D eigenvalue weighted by molar-refractivity contribution is -0.00308. The molecule has 11 heteroatoms. The smallest absolute Gasteiger partial charge is 0.277 e. The van der Waals surface area contributed by atoms with E-state index in [1.807, 2.05) is 18.2 Å². The van der Waals surface area contributed by atoms with E-state index in [4.69, 9.17) is 9.26 Å². The van der Waals surface area contributed by atoms with E-state index >= 15 is 0 Å². The van der Waals surface area contributed by atoms with Gasteiger partial charge in [-0.25, -0.2) is 13.4 Å². The van der Waals surface area contributed by atoms with Crippen LogP contribution in [-0.2, 0) is 14.8 Å². The fourth-order valence-electron chi connectivity index (χ4n) is 4.39. The van der Waals surface area contributed by atoms with Crippen LogP contribution in [0.2, 0.25) is 0 Å². The van der Waals surface area contributed by atoms with Crippen LogP contribution >= 0.6 is 0 Å². The zero-order valence-electron chi connectivity index (χ0n) is 17.1. The Balaban J connectivity index is 1.39. The van der Waals surface area contributed by atoms with Gasteiger partial charge in [-0.2, -0.15) is 9.29 Å². The Kier molecular flexibility index (Phi) is 5.74. The van der Waals surface area contributed by atoms with Gasteiger partial charge in [-0.1, -0.05) is 17.3 Å². The van der Waals surface area contributed by atoms with Gasteiger partial charge in [0.15, 0.2) is 5.82 Å². The van der Waals surface area contributed by atoms with Crippen LogP contribution in [0.5, 0.6) is 0 Å². The monoisotopic (exact) mass is 446 g/mol. The maximum atomic E-state index is 13.6. The number of ether oxygens (including phenoxy) is 1. The van der Waals surface area contributed by atoms with Crippen molar-refractivity contribution in [2.24, 2.45) is 5.92 Å². The number of aromatic nitrogens is 4. The Morgan fingerprint density at radius 1 is 1.16 bits per heavy atom. The Morgan fingerprint density at radius 2 is 2.00 bits per heavy atom. The average molecular weight is 447 g/mol. The number of para-hydroxylation sites is 2. The van der Waals surface area contributed by atoms with Crippen LogP contribution in [-0.4, -0.2) is 65.2 Å². The zero-order chi connectivity index (χ0) is 21.3. The molecule has 2 aliphatic heterocycles. The van der Waals surface area contributed by atoms with Crippen molar-refractivity contribution in [1.29, 1.82) is 0 Å². The maximum Gasteiger partial charge on any atom is 0.277 e. The standard InChI is InChI=1S/C20H26N6O4S/c27-31(28,20-23-16-3-1-2-4-17(16)24-20)26-11-14(12-29-15-7-9-21-10-8-15)5-6-18(26)19-22-13-30-25-19/h1-4,13-15,18,21H,5-12H2,(H,23,24)/t14?,18-/m0/s1. The van der Waals surface area contributed by atoms with E-state index in [1.54, 1.807) is 6.07 Å². The number of sulfonamides is 1. The molecule has 166 valence electrons. The van der Waals surface area contributed by atoms with Gasteiger partial charge in [-0.05, 0) is 56.8 Å². The van der Waals surface area contributed by atoms with E-state index < -0.39 is 16.1 Å². The highest BCUT2D eigenvalue weighted by atomic mass is 32.2. The number of hydrogen-bond donors (Lipinski definition) is 2. The minimum atomic E-state index is -3.90. The second kappa shape index (κ2) is 8.65. The molecular formula is C20H26N6O4S. The first-order valence-corrected chi connectivity index (χ1v) is 12.1. The number of hydrogen-bond acceptors (Lipinski definition) is 8. The van der Waals surface area contributed by atoms with Gasteiger partial charge in [0, 0.05) is 6.54 Å². The van der Waals surface area contributed by atoms with Crippen LogP contribution in [0.3, 0.4) is 0 Å². The van der Waals surface area contributed by atoms with Crippen molar-refractivity contribution in [2.75, 3.05) is 26.2 Å². The van der Waals surface area contributed by atoms with Gasteiger partial charge in [0.05, 0.1) is 29.8 Å². The number of benzene rings is 1. The van der Waals surface area contributed by atoms with E-state index in [2.05, 4.69) is 25.4 Å². The number of aromatic amines is 1. The molecule has 0 amide bonds. The molecule has 2 fully saturated rings. The molecule has 2 aromatic heterocycles. The second-order valence-corrected chi connectivity index (χ2v) is 9.97. The molecule has 1 aromatic carbocycles. The third kappa shape index (κ3) is 4.22. The van der Waals surface area contributed by atoms with Crippen LogP contribution < -0.4 is 5.32 Å². The third-order valence-electron chi connectivity index (χ3n) is 6.09. The highest BCUT2D eigenvalue weighted by molar-refractivity contribution is 7.89. The van der Waals surface area contributed by atoms with Gasteiger partial charge < -0.3 is 19.6 Å². The molecule has 5 rings (SSSR count). The Labute approximate surface area is 180 Å². The first-order valence-electron chi connectivity index (χ1n) is 10.7. The maximum absolute atomic E-state index is 13.6. The summed E-state index contributed by atoms with van der Waals surface area (Å²) >= 11 is 0. The number of fused-ring (bicyclic) bond motifs is 1. The summed E-state index contributed by atoms with van der Waals surface area (Å²) in [7, 11) is -3.90. The number of imidazole rings is 1. The van der Waals surface area contributed by atoms with Crippen LogP contribution in [0.4, 0.5) is 0 Å². The Hall–Kier alpha value is -2.34. The quantitative estimate of drug-likeness (QED) is 0.588. The minimum absolute atomic E-state index is 0.0675. The summed E-state index contributed by atoms with van der Waals surface area (Å²) in [6.45, 7) is 2.78. The van der Waals surface area contributed by atoms with Gasteiger partial charge in [0.1, 0.15) is 0 Å². The second-order valence-electron chi connectivity index (χ2n) is 8.17. The molecule has 2 atom stereocenters. The van der Waals surface area contributed by atoms with Gasteiger partial charge in [-0.3, -0.25) is 0 Å². The summed E-state index contributed by atoms with van der Waals surface area (Å²) in [5.41, 5.74) is 1.29. The molecule has 4 heterocycles. The van der Waals surface area contributed by atoms with Crippen molar-refractivity contribution >= 4 is 21.1 Å². The topological polar surface area (TPSA) is 126 Å². The molecule has 10 nitrogen and oxygen atoms in total. The molecule has 31 heavy (non-hydrogen) atoms. The molecule has 3 aromatic rings. The van der Waals surface area contributed by atoms with E-state index in [0.717, 1.165) is 32.4 Å². The molecule has 0 radical (unpaired) electrons. The molecule has 0 bridgehead atoms. The summed E-state index contributed by atoms with van der Waals surface area (Å²) in [6, 6.07) is 6.77. The molecule has 0 spiro atoms. The first kappa shape index (κ1) is 20.6. The van der Waals surface area contributed by atoms with Gasteiger partial charge in [-0.15, -0.1) is 0 Å². The summed E-state index contributed by atoms with van der Waals surface area (Å²) in [5, 5.41) is 7.19. The lowest BCUT2D eigenvalue weighted by Crippen LogP contribution is -2.44. The lowest BCUT2D eigenvalue weighted by atomic mass is 9.95. The van der Waals surface area contributed by atoms with Crippen LogP contribution in [0.1, 0.15) is 37.5 Å². The lowest BCUT2D eigenvalue weighted by Gasteiger charge is -2.37. The SMILES string of the molecule is O=S(=O)(c1nc2ccccc2[nH]1)N1CC(COC2CCNCC2)CC[C@H]1c1ncon1. The third-order valence-corrected chi connectivity index (χ3v) is 7.79. The number of H-pyrrole nitrogens is 1.